The molecule has 10 nitrogen and oxygen atoms in total. The van der Waals surface area contributed by atoms with E-state index in [1.807, 2.05) is 16.7 Å². The third kappa shape index (κ3) is 5.90. The van der Waals surface area contributed by atoms with Gasteiger partial charge in [0, 0.05) is 28.9 Å². The number of carboxylic acid groups (broad SMARTS) is 1. The number of carbonyl (C=O) groups is 1. The van der Waals surface area contributed by atoms with E-state index in [1.165, 1.54) is 12.3 Å². The Labute approximate surface area is 235 Å². The summed E-state index contributed by atoms with van der Waals surface area (Å²) in [7, 11) is 0. The number of aromatic carboxylic acids is 1. The van der Waals surface area contributed by atoms with Crippen molar-refractivity contribution in [3.63, 3.8) is 0 Å². The molecule has 3 aromatic heterocycles. The first-order valence-corrected chi connectivity index (χ1v) is 13.4. The zero-order valence-corrected chi connectivity index (χ0v) is 22.2. The van der Waals surface area contributed by atoms with Crippen LogP contribution < -0.4 is 10.5 Å². The third-order valence-electron chi connectivity index (χ3n) is 7.42. The average molecular weight is 557 g/mol. The Bertz CT molecular complexity index is 1680. The van der Waals surface area contributed by atoms with Gasteiger partial charge in [-0.05, 0) is 62.3 Å². The first-order valence-electron chi connectivity index (χ1n) is 13.4. The molecule has 1 fully saturated rings. The normalized spacial score (nSPS) is 14.5. The number of ether oxygens (including phenoxy) is 1. The van der Waals surface area contributed by atoms with E-state index in [4.69, 9.17) is 24.9 Å². The topological polar surface area (TPSA) is 133 Å². The number of oxazole rings is 1. The third-order valence-corrected chi connectivity index (χ3v) is 7.42. The predicted octanol–water partition coefficient (Wildman–Crippen LogP) is 4.85. The van der Waals surface area contributed by atoms with Gasteiger partial charge in [-0.25, -0.2) is 24.1 Å². The van der Waals surface area contributed by atoms with Crippen LogP contribution in [0.5, 0.6) is 5.88 Å². The summed E-state index contributed by atoms with van der Waals surface area (Å²) < 4.78 is 27.4. The van der Waals surface area contributed by atoms with Gasteiger partial charge in [0.2, 0.25) is 11.8 Å². The molecule has 11 heteroatoms. The molecule has 6 rings (SSSR count). The Hall–Kier alpha value is -4.77. The number of piperidine rings is 1. The van der Waals surface area contributed by atoms with E-state index in [-0.39, 0.29) is 18.1 Å². The number of nitrogens with two attached hydrogens (primary N) is 1. The Morgan fingerprint density at radius 2 is 1.95 bits per heavy atom. The number of aromatic nitrogens is 4. The van der Waals surface area contributed by atoms with Crippen LogP contribution in [0.3, 0.4) is 0 Å². The van der Waals surface area contributed by atoms with Crippen molar-refractivity contribution < 1.29 is 23.4 Å². The number of imidazole rings is 1. The number of pyridine rings is 1. The molecular formula is C30H29FN6O4. The molecule has 3 N–H and O–H groups in total. The Morgan fingerprint density at radius 3 is 2.71 bits per heavy atom. The summed E-state index contributed by atoms with van der Waals surface area (Å²) >= 11 is 0. The fourth-order valence-electron chi connectivity index (χ4n) is 5.23. The summed E-state index contributed by atoms with van der Waals surface area (Å²) in [5.74, 6) is 0.694. The second-order valence-corrected chi connectivity index (χ2v) is 10.1. The molecule has 0 atom stereocenters. The summed E-state index contributed by atoms with van der Waals surface area (Å²) in [6, 6.07) is 15.2. The summed E-state index contributed by atoms with van der Waals surface area (Å²) in [6.07, 6.45) is 4.93. The van der Waals surface area contributed by atoms with Crippen molar-refractivity contribution >= 4 is 22.7 Å². The lowest BCUT2D eigenvalue weighted by atomic mass is 9.93. The van der Waals surface area contributed by atoms with Gasteiger partial charge in [-0.15, -0.1) is 0 Å². The number of nitrogens with zero attached hydrogens (tertiary/aromatic N) is 5. The van der Waals surface area contributed by atoms with Crippen LogP contribution in [0.25, 0.3) is 11.0 Å². The van der Waals surface area contributed by atoms with E-state index >= 15 is 0 Å². The molecule has 4 heterocycles. The van der Waals surface area contributed by atoms with Gasteiger partial charge in [0.1, 0.15) is 31.1 Å². The molecule has 0 spiro atoms. The van der Waals surface area contributed by atoms with Crippen LogP contribution in [-0.2, 0) is 19.7 Å². The van der Waals surface area contributed by atoms with Crippen molar-refractivity contribution in [2.24, 2.45) is 0 Å². The second-order valence-electron chi connectivity index (χ2n) is 10.1. The monoisotopic (exact) mass is 556 g/mol. The van der Waals surface area contributed by atoms with Crippen LogP contribution >= 0.6 is 0 Å². The number of halogens is 1. The Kier molecular flexibility index (Phi) is 7.34. The first-order chi connectivity index (χ1) is 19.9. The summed E-state index contributed by atoms with van der Waals surface area (Å²) in [5, 5.41) is 9.50. The van der Waals surface area contributed by atoms with Gasteiger partial charge in [0.15, 0.2) is 0 Å². The highest BCUT2D eigenvalue weighted by molar-refractivity contribution is 5.92. The number of fused-ring (bicyclic) bond motifs is 1. The van der Waals surface area contributed by atoms with Gasteiger partial charge < -0.3 is 24.6 Å². The predicted molar refractivity (Wildman–Crippen MR) is 149 cm³/mol. The molecule has 1 aliphatic heterocycles. The van der Waals surface area contributed by atoms with Crippen molar-refractivity contribution in [2.75, 3.05) is 18.8 Å². The maximum atomic E-state index is 14.1. The van der Waals surface area contributed by atoms with Crippen LogP contribution in [-0.4, -0.2) is 48.6 Å². The minimum atomic E-state index is -0.986. The number of benzene rings is 2. The summed E-state index contributed by atoms with van der Waals surface area (Å²) in [5.41, 5.74) is 9.04. The molecule has 2 aromatic carbocycles. The van der Waals surface area contributed by atoms with Crippen molar-refractivity contribution in [2.45, 2.75) is 38.5 Å². The number of nitrogen functional groups attached to an aromatic ring is 1. The Balaban J connectivity index is 1.13. The van der Waals surface area contributed by atoms with E-state index in [0.29, 0.717) is 36.1 Å². The van der Waals surface area contributed by atoms with Crippen LogP contribution in [0.15, 0.2) is 71.5 Å². The molecular weight excluding hydrogens is 527 g/mol. The zero-order valence-electron chi connectivity index (χ0n) is 22.2. The minimum absolute atomic E-state index is 0.0729. The number of rotatable bonds is 9. The summed E-state index contributed by atoms with van der Waals surface area (Å²) in [6.45, 7) is 2.72. The lowest BCUT2D eigenvalue weighted by Crippen LogP contribution is -2.33. The molecule has 210 valence electrons. The number of likely N-dealkylation sites (tertiary alicyclic amines) is 1. The molecule has 0 radical (unpaired) electrons. The fourth-order valence-corrected chi connectivity index (χ4v) is 5.23. The van der Waals surface area contributed by atoms with Gasteiger partial charge in [0.25, 0.3) is 0 Å². The van der Waals surface area contributed by atoms with Gasteiger partial charge in [-0.2, -0.15) is 0 Å². The maximum absolute atomic E-state index is 14.1. The largest absolute Gasteiger partial charge is 0.478 e. The molecule has 5 aromatic rings. The van der Waals surface area contributed by atoms with Gasteiger partial charge in [0.05, 0.1) is 29.3 Å². The van der Waals surface area contributed by atoms with Crippen LogP contribution in [0.4, 0.5) is 10.1 Å². The number of hydrogen-bond acceptors (Lipinski definition) is 8. The minimum Gasteiger partial charge on any atom is -0.478 e. The average Bonchev–Trinajstić information content (AvgIpc) is 3.61. The zero-order chi connectivity index (χ0) is 28.3. The molecule has 0 bridgehead atoms. The molecule has 1 saturated heterocycles. The van der Waals surface area contributed by atoms with E-state index in [1.54, 1.807) is 42.6 Å². The standard InChI is InChI=1S/C30H29FN6O4/c31-23-15-22(32)6-4-21(23)18-41-28-3-1-2-24(35-28)19-8-11-36(12-9-19)16-27-34-25-7-5-20(30(38)39)14-26(25)37(27)17-29-33-10-13-40-29/h1-7,10,13-15,19H,8-9,11-12,16-18,32H2,(H,38,39). The quantitative estimate of drug-likeness (QED) is 0.245. The van der Waals surface area contributed by atoms with E-state index in [0.717, 1.165) is 48.5 Å². The lowest BCUT2D eigenvalue weighted by molar-refractivity contribution is 0.0697. The van der Waals surface area contributed by atoms with Crippen molar-refractivity contribution in [1.29, 1.82) is 0 Å². The summed E-state index contributed by atoms with van der Waals surface area (Å²) in [4.78, 5) is 27.7. The second kappa shape index (κ2) is 11.4. The molecule has 0 unspecified atom stereocenters. The van der Waals surface area contributed by atoms with Crippen LogP contribution in [0.2, 0.25) is 0 Å². The number of carboxylic acids is 1. The van der Waals surface area contributed by atoms with Crippen molar-refractivity contribution in [1.82, 2.24) is 24.4 Å². The van der Waals surface area contributed by atoms with E-state index in [2.05, 4.69) is 9.88 Å². The molecule has 0 aliphatic carbocycles. The highest BCUT2D eigenvalue weighted by Crippen LogP contribution is 2.29. The van der Waals surface area contributed by atoms with Gasteiger partial charge >= 0.3 is 5.97 Å². The van der Waals surface area contributed by atoms with Crippen LogP contribution in [0, 0.1) is 5.82 Å². The highest BCUT2D eigenvalue weighted by atomic mass is 19.1. The lowest BCUT2D eigenvalue weighted by Gasteiger charge is -2.31. The Morgan fingerprint density at radius 1 is 1.10 bits per heavy atom. The fraction of sp³-hybridized carbons (Fsp3) is 0.267. The SMILES string of the molecule is Nc1ccc(COc2cccc(C3CCN(Cc4nc5ccc(C(=O)O)cc5n4Cc4ncco4)CC3)n2)c(F)c1. The molecule has 0 saturated carbocycles. The molecule has 1 aliphatic rings. The van der Waals surface area contributed by atoms with Gasteiger partial charge in [-0.1, -0.05) is 12.1 Å². The smallest absolute Gasteiger partial charge is 0.335 e. The van der Waals surface area contributed by atoms with E-state index in [9.17, 15) is 14.3 Å². The van der Waals surface area contributed by atoms with E-state index < -0.39 is 11.8 Å². The molecule has 0 amide bonds. The number of anilines is 1. The van der Waals surface area contributed by atoms with Crippen molar-refractivity contribution in [3.05, 3.63) is 101 Å². The number of hydrogen-bond donors (Lipinski definition) is 2. The molecule has 41 heavy (non-hydrogen) atoms. The highest BCUT2D eigenvalue weighted by Gasteiger charge is 2.24. The van der Waals surface area contributed by atoms with Gasteiger partial charge in [-0.3, -0.25) is 4.90 Å². The van der Waals surface area contributed by atoms with Crippen molar-refractivity contribution in [3.8, 4) is 5.88 Å². The van der Waals surface area contributed by atoms with Crippen LogP contribution in [0.1, 0.15) is 52.1 Å². The maximum Gasteiger partial charge on any atom is 0.335 e. The first kappa shape index (κ1) is 26.5.